The molecule has 3 heteroatoms. The van der Waals surface area contributed by atoms with Crippen molar-refractivity contribution in [1.82, 2.24) is 0 Å². The van der Waals surface area contributed by atoms with E-state index < -0.39 is 11.6 Å². The van der Waals surface area contributed by atoms with E-state index in [0.717, 1.165) is 138 Å². The van der Waals surface area contributed by atoms with Gasteiger partial charge in [0, 0.05) is 11.1 Å². The standard InChI is InChI=1S/C24H24F2.C22H34.C18H32.C17H32.C17H30.C16H24O/c1-3-5-6-18-9-13-20(14-10-18)22-16-15-21(23(25)24(22)26)19-11-7-17(4-2)8-12-19;1-3-4-18-7-11-20(12-8-18)22-15-13-21(14-16-22)19-9-5-17(2)6-10-19;1-3-5-15-7-11-17(12-8-15)18-13-9-16(6-4-2)10-14-18;2*1-3-5-15-8-12-17(13-9-15)16-10-6-14(4-2)7-11-16;1-3-4-13-5-7-14(8-6-13)15-9-11-16(17-2)12-10-15/h7-16H,3-6H2,1-2H3;5-6,9-10,18,20-22H,3-4,7-8,11-16H2,1-2H3;3,5,15-18H,4,6-14H2,1-2H3;14-17H,3-13H2,1-2H3;4,14-17H,2-3,5-13H2,1H3;9-14H,3-8H2,1-2H3/b;;5-3+;;;. The van der Waals surface area contributed by atoms with Crippen LogP contribution in [-0.4, -0.2) is 7.11 Å². The maximum absolute atomic E-state index is 14.7. The molecule has 0 aromatic heterocycles. The van der Waals surface area contributed by atoms with Gasteiger partial charge < -0.3 is 4.74 Å². The molecule has 0 saturated heterocycles. The molecule has 0 heterocycles. The molecular weight excluding hydrogens is 1420 g/mol. The summed E-state index contributed by atoms with van der Waals surface area (Å²) in [7, 11) is 1.73. The summed E-state index contributed by atoms with van der Waals surface area (Å²) in [5, 5.41) is 0. The van der Waals surface area contributed by atoms with Gasteiger partial charge in [-0.1, -0.05) is 318 Å². The van der Waals surface area contributed by atoms with Gasteiger partial charge in [-0.2, -0.15) is 0 Å². The molecule has 0 aliphatic heterocycles. The van der Waals surface area contributed by atoms with Crippen LogP contribution in [-0.2, 0) is 12.8 Å². The molecule has 0 N–H and O–H groups in total. The molecule has 5 aromatic rings. The Morgan fingerprint density at radius 2 is 0.632 bits per heavy atom. The van der Waals surface area contributed by atoms with Crippen molar-refractivity contribution in [2.24, 2.45) is 94.7 Å². The molecule has 0 amide bonds. The fraction of sp³-hybridized carbons (Fsp3) is 0.702. The van der Waals surface area contributed by atoms with Crippen molar-refractivity contribution in [1.29, 1.82) is 0 Å². The Balaban J connectivity index is 0.000000162. The van der Waals surface area contributed by atoms with E-state index in [9.17, 15) is 8.78 Å². The van der Waals surface area contributed by atoms with E-state index in [0.29, 0.717) is 22.3 Å². The van der Waals surface area contributed by atoms with Crippen LogP contribution < -0.4 is 4.74 Å². The average Bonchev–Trinajstić information content (AvgIpc) is 0.787. The first-order chi connectivity index (χ1) is 57.2. The van der Waals surface area contributed by atoms with Gasteiger partial charge >= 0.3 is 0 Å². The molecule has 5 aromatic carbocycles. The summed E-state index contributed by atoms with van der Waals surface area (Å²) in [5.41, 5.74) is 8.89. The van der Waals surface area contributed by atoms with Crippen molar-refractivity contribution in [2.75, 3.05) is 7.11 Å². The van der Waals surface area contributed by atoms with E-state index in [1.807, 2.05) is 48.5 Å². The SMILES string of the molecule is C/C=C/C1CCC(C2CCC(CCC)CC2)CC1.C=CC1CCC(C2CCC(CCC)CC2)CC1.CCCC1CCC(C2CCC(CC)CC2)CC1.CCCC1CCC(C2CCC(c3ccc(C)cc3)CC2)CC1.CCCC1CCC(c2ccc(OC)cc2)CC1.CCCCc1ccc(-c2ccc(-c3ccc(CC)cc3)c(F)c2F)cc1. The lowest BCUT2D eigenvalue weighted by atomic mass is 9.68. The number of allylic oxidation sites excluding steroid dienone is 3. The molecule has 9 saturated carbocycles. The van der Waals surface area contributed by atoms with Crippen molar-refractivity contribution in [2.45, 2.75) is 409 Å². The number of unbranched alkanes of at least 4 members (excludes halogenated alkanes) is 1. The molecule has 9 aliphatic carbocycles. The topological polar surface area (TPSA) is 9.23 Å². The molecule has 0 atom stereocenters. The Hall–Kier alpha value is -4.76. The molecule has 0 radical (unpaired) electrons. The predicted molar refractivity (Wildman–Crippen MR) is 507 cm³/mol. The third-order valence-electron chi connectivity index (χ3n) is 32.2. The monoisotopic (exact) mass is 1600 g/mol. The van der Waals surface area contributed by atoms with E-state index in [4.69, 9.17) is 4.74 Å². The summed E-state index contributed by atoms with van der Waals surface area (Å²) in [6.07, 6.45) is 80.8. The summed E-state index contributed by atoms with van der Waals surface area (Å²) < 4.78 is 34.6. The number of halogens is 2. The normalized spacial score (nSPS) is 29.4. The minimum atomic E-state index is -0.790. The Morgan fingerprint density at radius 3 is 0.940 bits per heavy atom. The molecule has 1 nitrogen and oxygen atoms in total. The van der Waals surface area contributed by atoms with Gasteiger partial charge in [0.15, 0.2) is 11.6 Å². The quantitative estimate of drug-likeness (QED) is 0.0502. The van der Waals surface area contributed by atoms with Crippen molar-refractivity contribution in [3.63, 3.8) is 0 Å². The largest absolute Gasteiger partial charge is 0.497 e. The maximum Gasteiger partial charge on any atom is 0.167 e. The number of rotatable bonds is 26. The molecule has 0 spiro atoms. The lowest BCUT2D eigenvalue weighted by Gasteiger charge is -2.38. The lowest BCUT2D eigenvalue weighted by Crippen LogP contribution is -2.25. The number of methoxy groups -OCH3 is 1. The summed E-state index contributed by atoms with van der Waals surface area (Å²) in [6.45, 7) is 26.6. The zero-order valence-corrected chi connectivity index (χ0v) is 77.5. The van der Waals surface area contributed by atoms with Crippen LogP contribution in [0.4, 0.5) is 8.78 Å². The van der Waals surface area contributed by atoms with Gasteiger partial charge in [-0.05, 0) is 352 Å². The second-order valence-electron chi connectivity index (χ2n) is 40.0. The first-order valence-electron chi connectivity index (χ1n) is 50.8. The highest BCUT2D eigenvalue weighted by molar-refractivity contribution is 5.72. The van der Waals surface area contributed by atoms with Gasteiger partial charge in [0.25, 0.3) is 0 Å². The van der Waals surface area contributed by atoms with Crippen molar-refractivity contribution < 1.29 is 13.5 Å². The van der Waals surface area contributed by atoms with E-state index in [1.54, 1.807) is 76.2 Å². The van der Waals surface area contributed by atoms with Crippen LogP contribution in [0.1, 0.15) is 417 Å². The smallest absolute Gasteiger partial charge is 0.167 e. The van der Waals surface area contributed by atoms with E-state index in [1.165, 1.54) is 273 Å². The Kier molecular flexibility index (Phi) is 44.3. The maximum atomic E-state index is 14.7. The summed E-state index contributed by atoms with van der Waals surface area (Å²) in [5.74, 6) is 17.8. The van der Waals surface area contributed by atoms with Gasteiger partial charge in [0.1, 0.15) is 5.75 Å². The minimum absolute atomic E-state index is 0.300. The Labute approximate surface area is 720 Å². The molecule has 14 rings (SSSR count). The van der Waals surface area contributed by atoms with Crippen LogP contribution in [0.15, 0.2) is 134 Å². The first-order valence-corrected chi connectivity index (χ1v) is 50.8. The fourth-order valence-corrected chi connectivity index (χ4v) is 24.4. The highest BCUT2D eigenvalue weighted by Crippen LogP contribution is 2.49. The zero-order chi connectivity index (χ0) is 82.9. The first kappa shape index (κ1) is 96.1. The number of aryl methyl sites for hydroxylation is 3. The highest BCUT2D eigenvalue weighted by atomic mass is 19.2. The van der Waals surface area contributed by atoms with Crippen LogP contribution >= 0.6 is 0 Å². The van der Waals surface area contributed by atoms with Crippen LogP contribution in [0.3, 0.4) is 0 Å². The Bertz CT molecular complexity index is 3380. The van der Waals surface area contributed by atoms with E-state index in [-0.39, 0.29) is 0 Å². The third-order valence-corrected chi connectivity index (χ3v) is 32.2. The molecule has 0 bridgehead atoms. The van der Waals surface area contributed by atoms with E-state index in [2.05, 4.69) is 143 Å². The van der Waals surface area contributed by atoms with Crippen LogP contribution in [0.5, 0.6) is 5.75 Å². The van der Waals surface area contributed by atoms with Gasteiger partial charge in [-0.3, -0.25) is 0 Å². The number of hydrogen-bond acceptors (Lipinski definition) is 1. The fourth-order valence-electron chi connectivity index (χ4n) is 24.4. The molecule has 652 valence electrons. The van der Waals surface area contributed by atoms with Gasteiger partial charge in [-0.15, -0.1) is 6.58 Å². The van der Waals surface area contributed by atoms with Crippen molar-refractivity contribution in [3.8, 4) is 28.0 Å². The van der Waals surface area contributed by atoms with Crippen molar-refractivity contribution in [3.05, 3.63) is 173 Å². The molecule has 0 unspecified atom stereocenters. The van der Waals surface area contributed by atoms with Crippen LogP contribution in [0, 0.1) is 113 Å². The molecular formula is C114H176F2O. The minimum Gasteiger partial charge on any atom is -0.497 e. The Morgan fingerprint density at radius 1 is 0.333 bits per heavy atom. The van der Waals surface area contributed by atoms with Crippen LogP contribution in [0.2, 0.25) is 0 Å². The van der Waals surface area contributed by atoms with Crippen molar-refractivity contribution >= 4 is 0 Å². The molecule has 117 heavy (non-hydrogen) atoms. The number of ether oxygens (including phenoxy) is 1. The highest BCUT2D eigenvalue weighted by Gasteiger charge is 2.35. The predicted octanol–water partition coefficient (Wildman–Crippen LogP) is 36.2. The van der Waals surface area contributed by atoms with E-state index >= 15 is 0 Å². The second-order valence-corrected chi connectivity index (χ2v) is 40.0. The van der Waals surface area contributed by atoms with Gasteiger partial charge in [0.2, 0.25) is 0 Å². The second kappa shape index (κ2) is 54.0. The summed E-state index contributed by atoms with van der Waals surface area (Å²) in [4.78, 5) is 0. The summed E-state index contributed by atoms with van der Waals surface area (Å²) in [6, 6.07) is 36.7. The molecule has 9 aliphatic rings. The third kappa shape index (κ3) is 31.8. The lowest BCUT2D eigenvalue weighted by molar-refractivity contribution is 0.142. The number of benzene rings is 5. The average molecular weight is 1600 g/mol. The van der Waals surface area contributed by atoms with Gasteiger partial charge in [0.05, 0.1) is 7.11 Å². The van der Waals surface area contributed by atoms with Gasteiger partial charge in [-0.25, -0.2) is 8.78 Å². The van der Waals surface area contributed by atoms with Crippen LogP contribution in [0.25, 0.3) is 22.3 Å². The summed E-state index contributed by atoms with van der Waals surface area (Å²) >= 11 is 0. The number of hydrogen-bond donors (Lipinski definition) is 0. The molecule has 9 fully saturated rings. The zero-order valence-electron chi connectivity index (χ0n) is 77.5.